The van der Waals surface area contributed by atoms with E-state index in [4.69, 9.17) is 19.4 Å². The van der Waals surface area contributed by atoms with Crippen molar-refractivity contribution in [3.8, 4) is 0 Å². The summed E-state index contributed by atoms with van der Waals surface area (Å²) < 4.78 is 10.4. The molecule has 0 saturated heterocycles. The fraction of sp³-hybridized carbons (Fsp3) is 0.583. The van der Waals surface area contributed by atoms with Gasteiger partial charge in [-0.3, -0.25) is 0 Å². The van der Waals surface area contributed by atoms with Crippen molar-refractivity contribution in [3.05, 3.63) is 23.2 Å². The Morgan fingerprint density at radius 2 is 2.28 bits per heavy atom. The van der Waals surface area contributed by atoms with Crippen molar-refractivity contribution in [3.63, 3.8) is 0 Å². The molecule has 0 aliphatic rings. The summed E-state index contributed by atoms with van der Waals surface area (Å²) in [5, 5.41) is 20.5. The predicted molar refractivity (Wildman–Crippen MR) is 64.6 cm³/mol. The van der Waals surface area contributed by atoms with Crippen molar-refractivity contribution in [2.45, 2.75) is 19.9 Å². The predicted octanol–water partition coefficient (Wildman–Crippen LogP) is 0.775. The van der Waals surface area contributed by atoms with Gasteiger partial charge in [0.05, 0.1) is 19.8 Å². The zero-order chi connectivity index (χ0) is 13.4. The summed E-state index contributed by atoms with van der Waals surface area (Å²) in [6.07, 6.45) is 0.825. The second-order valence-corrected chi connectivity index (χ2v) is 3.85. The van der Waals surface area contributed by atoms with E-state index >= 15 is 0 Å². The summed E-state index contributed by atoms with van der Waals surface area (Å²) >= 11 is 0. The Balaban J connectivity index is 2.19. The first-order valence-corrected chi connectivity index (χ1v) is 5.87. The number of carboxylic acids is 1. The largest absolute Gasteiger partial charge is 0.478 e. The minimum atomic E-state index is -0.972. The highest BCUT2D eigenvalue weighted by molar-refractivity contribution is 5.88. The van der Waals surface area contributed by atoms with E-state index in [0.29, 0.717) is 31.3 Å². The fourth-order valence-corrected chi connectivity index (χ4v) is 1.52. The van der Waals surface area contributed by atoms with Crippen LogP contribution in [-0.4, -0.2) is 42.5 Å². The molecule has 1 aromatic rings. The SMILES string of the molecule is Cc1oc(CNCCCOCCO)cc1C(=O)O. The van der Waals surface area contributed by atoms with Gasteiger partial charge in [-0.05, 0) is 26.0 Å². The Morgan fingerprint density at radius 1 is 1.50 bits per heavy atom. The van der Waals surface area contributed by atoms with E-state index in [-0.39, 0.29) is 12.2 Å². The first kappa shape index (κ1) is 14.7. The Labute approximate surface area is 106 Å². The van der Waals surface area contributed by atoms with Gasteiger partial charge in [-0.1, -0.05) is 0 Å². The molecular weight excluding hydrogens is 238 g/mol. The van der Waals surface area contributed by atoms with Crippen LogP contribution in [0, 0.1) is 6.92 Å². The van der Waals surface area contributed by atoms with Crippen LogP contribution in [0.5, 0.6) is 0 Å². The van der Waals surface area contributed by atoms with Crippen molar-refractivity contribution >= 4 is 5.97 Å². The monoisotopic (exact) mass is 257 g/mol. The molecule has 0 unspecified atom stereocenters. The van der Waals surface area contributed by atoms with Crippen LogP contribution in [0.25, 0.3) is 0 Å². The minimum absolute atomic E-state index is 0.0388. The van der Waals surface area contributed by atoms with Gasteiger partial charge >= 0.3 is 5.97 Å². The molecule has 0 spiro atoms. The van der Waals surface area contributed by atoms with Crippen LogP contribution in [0.15, 0.2) is 10.5 Å². The maximum Gasteiger partial charge on any atom is 0.339 e. The minimum Gasteiger partial charge on any atom is -0.478 e. The lowest BCUT2D eigenvalue weighted by Crippen LogP contribution is -2.16. The number of hydrogen-bond acceptors (Lipinski definition) is 5. The van der Waals surface area contributed by atoms with E-state index in [0.717, 1.165) is 13.0 Å². The maximum atomic E-state index is 10.8. The average Bonchev–Trinajstić information content (AvgIpc) is 2.69. The van der Waals surface area contributed by atoms with Gasteiger partial charge in [0.15, 0.2) is 0 Å². The highest BCUT2D eigenvalue weighted by Gasteiger charge is 2.12. The van der Waals surface area contributed by atoms with Gasteiger partial charge in [0.2, 0.25) is 0 Å². The molecule has 0 aliphatic heterocycles. The molecule has 0 bridgehead atoms. The molecule has 0 amide bonds. The zero-order valence-electron chi connectivity index (χ0n) is 10.4. The number of carboxylic acid groups (broad SMARTS) is 1. The number of aryl methyl sites for hydroxylation is 1. The van der Waals surface area contributed by atoms with E-state index in [1.54, 1.807) is 6.92 Å². The van der Waals surface area contributed by atoms with Gasteiger partial charge in [-0.15, -0.1) is 0 Å². The lowest BCUT2D eigenvalue weighted by atomic mass is 10.2. The van der Waals surface area contributed by atoms with E-state index < -0.39 is 5.97 Å². The average molecular weight is 257 g/mol. The first-order chi connectivity index (χ1) is 8.65. The van der Waals surface area contributed by atoms with Gasteiger partial charge in [0.1, 0.15) is 17.1 Å². The fourth-order valence-electron chi connectivity index (χ4n) is 1.52. The van der Waals surface area contributed by atoms with E-state index in [9.17, 15) is 4.79 Å². The quantitative estimate of drug-likeness (QED) is 0.566. The molecule has 0 atom stereocenters. The third-order valence-electron chi connectivity index (χ3n) is 2.38. The molecule has 3 N–H and O–H groups in total. The number of aliphatic hydroxyl groups excluding tert-OH is 1. The lowest BCUT2D eigenvalue weighted by molar-refractivity contribution is 0.0695. The van der Waals surface area contributed by atoms with Crippen molar-refractivity contribution in [1.29, 1.82) is 0 Å². The molecule has 0 aliphatic carbocycles. The van der Waals surface area contributed by atoms with E-state index in [2.05, 4.69) is 5.32 Å². The number of carbonyl (C=O) groups is 1. The van der Waals surface area contributed by atoms with Crippen LogP contribution in [0.4, 0.5) is 0 Å². The first-order valence-electron chi connectivity index (χ1n) is 5.87. The topological polar surface area (TPSA) is 91.9 Å². The normalized spacial score (nSPS) is 10.8. The molecule has 0 aromatic carbocycles. The van der Waals surface area contributed by atoms with Crippen LogP contribution in [0.3, 0.4) is 0 Å². The van der Waals surface area contributed by atoms with Gasteiger partial charge in [-0.25, -0.2) is 4.79 Å². The molecule has 6 heteroatoms. The smallest absolute Gasteiger partial charge is 0.339 e. The van der Waals surface area contributed by atoms with Gasteiger partial charge in [-0.2, -0.15) is 0 Å². The molecule has 1 aromatic heterocycles. The van der Waals surface area contributed by atoms with Crippen LogP contribution in [0.1, 0.15) is 28.3 Å². The third-order valence-corrected chi connectivity index (χ3v) is 2.38. The summed E-state index contributed by atoms with van der Waals surface area (Å²) in [4.78, 5) is 10.8. The summed E-state index contributed by atoms with van der Waals surface area (Å²) in [6.45, 7) is 3.86. The Hall–Kier alpha value is -1.37. The number of ether oxygens (including phenoxy) is 1. The number of hydrogen-bond donors (Lipinski definition) is 3. The molecule has 1 heterocycles. The molecule has 1 rings (SSSR count). The van der Waals surface area contributed by atoms with Gasteiger partial charge < -0.3 is 24.7 Å². The molecule has 6 nitrogen and oxygen atoms in total. The van der Waals surface area contributed by atoms with Crippen molar-refractivity contribution in [2.24, 2.45) is 0 Å². The Bertz CT molecular complexity index is 375. The van der Waals surface area contributed by atoms with Crippen molar-refractivity contribution in [1.82, 2.24) is 5.32 Å². The molecule has 0 radical (unpaired) electrons. The lowest BCUT2D eigenvalue weighted by Gasteiger charge is -2.03. The van der Waals surface area contributed by atoms with E-state index in [1.807, 2.05) is 0 Å². The van der Waals surface area contributed by atoms with Gasteiger partial charge in [0, 0.05) is 6.61 Å². The van der Waals surface area contributed by atoms with Crippen molar-refractivity contribution < 1.29 is 24.2 Å². The number of rotatable bonds is 9. The van der Waals surface area contributed by atoms with Crippen LogP contribution in [0.2, 0.25) is 0 Å². The second kappa shape index (κ2) is 7.86. The highest BCUT2D eigenvalue weighted by atomic mass is 16.5. The molecule has 18 heavy (non-hydrogen) atoms. The second-order valence-electron chi connectivity index (χ2n) is 3.85. The number of aromatic carboxylic acids is 1. The maximum absolute atomic E-state index is 10.8. The van der Waals surface area contributed by atoms with Crippen LogP contribution >= 0.6 is 0 Å². The number of nitrogens with one attached hydrogen (secondary N) is 1. The van der Waals surface area contributed by atoms with Crippen molar-refractivity contribution in [2.75, 3.05) is 26.4 Å². The van der Waals surface area contributed by atoms with Crippen LogP contribution < -0.4 is 5.32 Å². The number of aliphatic hydroxyl groups is 1. The Kier molecular flexibility index (Phi) is 6.42. The summed E-state index contributed by atoms with van der Waals surface area (Å²) in [5.41, 5.74) is 0.207. The highest BCUT2D eigenvalue weighted by Crippen LogP contribution is 2.14. The summed E-state index contributed by atoms with van der Waals surface area (Å²) in [7, 11) is 0. The zero-order valence-corrected chi connectivity index (χ0v) is 10.4. The third kappa shape index (κ3) is 4.87. The molecule has 0 fully saturated rings. The molecule has 0 saturated carbocycles. The molecular formula is C12H19NO5. The van der Waals surface area contributed by atoms with E-state index in [1.165, 1.54) is 6.07 Å². The molecule has 102 valence electrons. The van der Waals surface area contributed by atoms with Crippen LogP contribution in [-0.2, 0) is 11.3 Å². The standard InChI is InChI=1S/C12H19NO5/c1-9-11(12(15)16)7-10(18-9)8-13-3-2-5-17-6-4-14/h7,13-14H,2-6,8H2,1H3,(H,15,16). The van der Waals surface area contributed by atoms with Gasteiger partial charge in [0.25, 0.3) is 0 Å². The summed E-state index contributed by atoms with van der Waals surface area (Å²) in [6, 6.07) is 1.53. The Morgan fingerprint density at radius 3 is 2.89 bits per heavy atom. The number of furan rings is 1. The summed E-state index contributed by atoms with van der Waals surface area (Å²) in [5.74, 6) is 0.0617.